The zero-order valence-corrected chi connectivity index (χ0v) is 15.4. The number of nitrogens with zero attached hydrogens (tertiary/aromatic N) is 1. The lowest BCUT2D eigenvalue weighted by atomic mass is 10.1. The molecule has 28 heavy (non-hydrogen) atoms. The lowest BCUT2D eigenvalue weighted by Crippen LogP contribution is -2.12. The molecule has 7 heteroatoms. The summed E-state index contributed by atoms with van der Waals surface area (Å²) in [6.07, 6.45) is 2.92. The number of aromatic nitrogens is 1. The van der Waals surface area contributed by atoms with E-state index in [4.69, 9.17) is 4.42 Å². The van der Waals surface area contributed by atoms with E-state index in [0.717, 1.165) is 11.1 Å². The van der Waals surface area contributed by atoms with Crippen LogP contribution in [0.4, 0.5) is 10.1 Å². The highest BCUT2D eigenvalue weighted by atomic mass is 32.2. The summed E-state index contributed by atoms with van der Waals surface area (Å²) in [4.78, 5) is 3.98. The minimum absolute atomic E-state index is 0.119. The third kappa shape index (κ3) is 3.79. The highest BCUT2D eigenvalue weighted by molar-refractivity contribution is 7.92. The van der Waals surface area contributed by atoms with Gasteiger partial charge in [-0.3, -0.25) is 4.72 Å². The van der Waals surface area contributed by atoms with Crippen molar-refractivity contribution in [2.24, 2.45) is 0 Å². The molecule has 4 aromatic rings. The van der Waals surface area contributed by atoms with Gasteiger partial charge in [0, 0.05) is 11.3 Å². The van der Waals surface area contributed by atoms with E-state index in [1.54, 1.807) is 60.8 Å². The summed E-state index contributed by atoms with van der Waals surface area (Å²) in [5, 5.41) is 0. The van der Waals surface area contributed by atoms with Gasteiger partial charge in [0.15, 0.2) is 12.2 Å². The Morgan fingerprint density at radius 2 is 1.57 bits per heavy atom. The smallest absolute Gasteiger partial charge is 0.261 e. The van der Waals surface area contributed by atoms with Crippen molar-refractivity contribution < 1.29 is 17.2 Å². The summed E-state index contributed by atoms with van der Waals surface area (Å²) < 4.78 is 46.4. The first-order valence-electron chi connectivity index (χ1n) is 8.39. The molecule has 5 nitrogen and oxygen atoms in total. The van der Waals surface area contributed by atoms with E-state index in [0.29, 0.717) is 17.0 Å². The van der Waals surface area contributed by atoms with Gasteiger partial charge < -0.3 is 4.42 Å². The fourth-order valence-electron chi connectivity index (χ4n) is 2.76. The Kier molecular flexibility index (Phi) is 4.67. The largest absolute Gasteiger partial charge is 0.444 e. The maximum absolute atomic E-state index is 13.1. The molecule has 0 unspecified atom stereocenters. The molecule has 0 aliphatic rings. The number of benzene rings is 3. The van der Waals surface area contributed by atoms with E-state index < -0.39 is 10.0 Å². The molecule has 0 amide bonds. The maximum Gasteiger partial charge on any atom is 0.261 e. The average molecular weight is 394 g/mol. The Bertz CT molecular complexity index is 1190. The van der Waals surface area contributed by atoms with Gasteiger partial charge in [-0.2, -0.15) is 0 Å². The lowest BCUT2D eigenvalue weighted by molar-refractivity contribution is 0.572. The molecule has 0 aliphatic heterocycles. The molecule has 0 radical (unpaired) electrons. The topological polar surface area (TPSA) is 72.2 Å². The fourth-order valence-corrected chi connectivity index (χ4v) is 3.86. The number of sulfonamides is 1. The predicted molar refractivity (Wildman–Crippen MR) is 105 cm³/mol. The third-order valence-corrected chi connectivity index (χ3v) is 5.55. The molecule has 0 saturated carbocycles. The Labute approximate surface area is 161 Å². The van der Waals surface area contributed by atoms with Crippen molar-refractivity contribution in [3.8, 4) is 22.5 Å². The molecule has 3 aromatic carbocycles. The molecule has 0 spiro atoms. The van der Waals surface area contributed by atoms with Crippen LogP contribution in [-0.4, -0.2) is 13.4 Å². The number of oxazole rings is 1. The molecular formula is C21H15FN2O3S. The Hall–Kier alpha value is -3.45. The van der Waals surface area contributed by atoms with Crippen LogP contribution >= 0.6 is 0 Å². The lowest BCUT2D eigenvalue weighted by Gasteiger charge is -2.10. The van der Waals surface area contributed by atoms with Crippen LogP contribution in [0.25, 0.3) is 22.5 Å². The molecule has 0 aliphatic carbocycles. The summed E-state index contributed by atoms with van der Waals surface area (Å²) in [6.45, 7) is 0. The number of hydrogen-bond acceptors (Lipinski definition) is 4. The van der Waals surface area contributed by atoms with Gasteiger partial charge in [-0.05, 0) is 59.7 Å². The van der Waals surface area contributed by atoms with Gasteiger partial charge in [-0.1, -0.05) is 24.3 Å². The molecule has 1 heterocycles. The van der Waals surface area contributed by atoms with Crippen molar-refractivity contribution in [2.75, 3.05) is 4.72 Å². The summed E-state index contributed by atoms with van der Waals surface area (Å²) in [5.74, 6) is 0.254. The zero-order chi connectivity index (χ0) is 19.6. The molecule has 1 aromatic heterocycles. The SMILES string of the molecule is O=S(=O)(Nc1ccc(-c2cnco2)cc1)c1cccc(-c2ccc(F)cc2)c1. The summed E-state index contributed by atoms with van der Waals surface area (Å²) in [6, 6.07) is 19.2. The second-order valence-electron chi connectivity index (χ2n) is 6.08. The highest BCUT2D eigenvalue weighted by Crippen LogP contribution is 2.25. The molecular weight excluding hydrogens is 379 g/mol. The monoisotopic (exact) mass is 394 g/mol. The van der Waals surface area contributed by atoms with Crippen LogP contribution in [0.1, 0.15) is 0 Å². The van der Waals surface area contributed by atoms with Gasteiger partial charge in [0.1, 0.15) is 5.82 Å². The third-order valence-electron chi connectivity index (χ3n) is 4.18. The molecule has 0 saturated heterocycles. The molecule has 4 rings (SSSR count). The normalized spacial score (nSPS) is 11.3. The minimum Gasteiger partial charge on any atom is -0.444 e. The fraction of sp³-hybridized carbons (Fsp3) is 0. The number of rotatable bonds is 5. The average Bonchev–Trinajstić information content (AvgIpc) is 3.24. The van der Waals surface area contributed by atoms with Crippen LogP contribution < -0.4 is 4.72 Å². The van der Waals surface area contributed by atoms with Crippen LogP contribution in [0.2, 0.25) is 0 Å². The van der Waals surface area contributed by atoms with Crippen molar-refractivity contribution in [3.63, 3.8) is 0 Å². The number of anilines is 1. The zero-order valence-electron chi connectivity index (χ0n) is 14.5. The second kappa shape index (κ2) is 7.28. The van der Waals surface area contributed by atoms with Crippen molar-refractivity contribution in [1.82, 2.24) is 4.98 Å². The van der Waals surface area contributed by atoms with Crippen LogP contribution in [0.15, 0.2) is 94.7 Å². The van der Waals surface area contributed by atoms with E-state index in [1.807, 2.05) is 0 Å². The molecule has 1 N–H and O–H groups in total. The van der Waals surface area contributed by atoms with Crippen LogP contribution in [0, 0.1) is 5.82 Å². The van der Waals surface area contributed by atoms with Crippen molar-refractivity contribution in [2.45, 2.75) is 4.90 Å². The molecule has 0 bridgehead atoms. The molecule has 140 valence electrons. The Balaban J connectivity index is 1.58. The quantitative estimate of drug-likeness (QED) is 0.520. The van der Waals surface area contributed by atoms with Gasteiger partial charge >= 0.3 is 0 Å². The maximum atomic E-state index is 13.1. The van der Waals surface area contributed by atoms with Gasteiger partial charge in [-0.25, -0.2) is 17.8 Å². The van der Waals surface area contributed by atoms with Crippen LogP contribution in [0.3, 0.4) is 0 Å². The Morgan fingerprint density at radius 3 is 2.25 bits per heavy atom. The number of nitrogens with one attached hydrogen (secondary N) is 1. The molecule has 0 fully saturated rings. The van der Waals surface area contributed by atoms with Crippen LogP contribution in [0.5, 0.6) is 0 Å². The van der Waals surface area contributed by atoms with E-state index in [9.17, 15) is 12.8 Å². The van der Waals surface area contributed by atoms with Crippen molar-refractivity contribution in [3.05, 3.63) is 91.2 Å². The van der Waals surface area contributed by atoms with E-state index in [2.05, 4.69) is 9.71 Å². The summed E-state index contributed by atoms with van der Waals surface area (Å²) >= 11 is 0. The van der Waals surface area contributed by atoms with E-state index in [1.165, 1.54) is 24.6 Å². The summed E-state index contributed by atoms with van der Waals surface area (Å²) in [5.41, 5.74) is 2.63. The van der Waals surface area contributed by atoms with Crippen molar-refractivity contribution >= 4 is 15.7 Å². The Morgan fingerprint density at radius 1 is 0.857 bits per heavy atom. The summed E-state index contributed by atoms with van der Waals surface area (Å²) in [7, 11) is -3.78. The van der Waals surface area contributed by atoms with E-state index in [-0.39, 0.29) is 10.7 Å². The highest BCUT2D eigenvalue weighted by Gasteiger charge is 2.15. The van der Waals surface area contributed by atoms with E-state index >= 15 is 0 Å². The first-order valence-corrected chi connectivity index (χ1v) is 9.87. The number of halogens is 1. The van der Waals surface area contributed by atoms with Gasteiger partial charge in [0.05, 0.1) is 11.1 Å². The molecule has 0 atom stereocenters. The first kappa shape index (κ1) is 17.9. The predicted octanol–water partition coefficient (Wildman–Crippen LogP) is 4.95. The second-order valence-corrected chi connectivity index (χ2v) is 7.77. The van der Waals surface area contributed by atoms with Gasteiger partial charge in [0.2, 0.25) is 0 Å². The van der Waals surface area contributed by atoms with Gasteiger partial charge in [-0.15, -0.1) is 0 Å². The first-order chi connectivity index (χ1) is 13.5. The standard InChI is InChI=1S/C21H15FN2O3S/c22-18-8-4-15(5-9-18)17-2-1-3-20(12-17)28(25,26)24-19-10-6-16(7-11-19)21-13-23-14-27-21/h1-14,24H. The minimum atomic E-state index is -3.78. The van der Waals surface area contributed by atoms with Crippen LogP contribution in [-0.2, 0) is 10.0 Å². The van der Waals surface area contributed by atoms with Gasteiger partial charge in [0.25, 0.3) is 10.0 Å². The number of hydrogen-bond donors (Lipinski definition) is 1. The van der Waals surface area contributed by atoms with Crippen molar-refractivity contribution in [1.29, 1.82) is 0 Å².